The van der Waals surface area contributed by atoms with Crippen LogP contribution in [0.1, 0.15) is 11.1 Å². The van der Waals surface area contributed by atoms with Gasteiger partial charge in [0, 0.05) is 17.1 Å². The number of nitrogens with one attached hydrogen (secondary N) is 1. The Bertz CT molecular complexity index is 826. The second kappa shape index (κ2) is 7.23. The largest absolute Gasteiger partial charge is 0.484 e. The topological polar surface area (TPSA) is 64.1 Å². The molecule has 0 aliphatic heterocycles. The van der Waals surface area contributed by atoms with E-state index in [1.165, 1.54) is 0 Å². The van der Waals surface area contributed by atoms with E-state index in [4.69, 9.17) is 4.74 Å². The first kappa shape index (κ1) is 16.1. The molecule has 6 heteroatoms. The van der Waals surface area contributed by atoms with E-state index >= 15 is 0 Å². The summed E-state index contributed by atoms with van der Waals surface area (Å²) in [5.74, 6) is 1.03. The fourth-order valence-corrected chi connectivity index (χ4v) is 2.91. The molecule has 24 heavy (non-hydrogen) atoms. The van der Waals surface area contributed by atoms with E-state index in [0.717, 1.165) is 28.2 Å². The molecule has 0 fully saturated rings. The van der Waals surface area contributed by atoms with Gasteiger partial charge >= 0.3 is 0 Å². The molecule has 3 aromatic rings. The van der Waals surface area contributed by atoms with Crippen LogP contribution < -0.4 is 10.1 Å². The van der Waals surface area contributed by atoms with Crippen molar-refractivity contribution < 1.29 is 9.53 Å². The Balaban J connectivity index is 1.58. The van der Waals surface area contributed by atoms with Crippen molar-refractivity contribution in [3.05, 3.63) is 59.7 Å². The Hall–Kier alpha value is -2.73. The highest BCUT2D eigenvalue weighted by Crippen LogP contribution is 2.21. The molecule has 0 radical (unpaired) electrons. The quantitative estimate of drug-likeness (QED) is 0.767. The predicted octanol–water partition coefficient (Wildman–Crippen LogP) is 3.84. The molecule has 0 unspecified atom stereocenters. The summed E-state index contributed by atoms with van der Waals surface area (Å²) in [6.45, 7) is 3.92. The van der Waals surface area contributed by atoms with Crippen molar-refractivity contribution >= 4 is 22.6 Å². The number of carbonyl (C=O) groups is 1. The van der Waals surface area contributed by atoms with E-state index in [0.29, 0.717) is 16.7 Å². The maximum Gasteiger partial charge on any atom is 0.264 e. The van der Waals surface area contributed by atoms with Gasteiger partial charge in [0.05, 0.1) is 0 Å². The van der Waals surface area contributed by atoms with Gasteiger partial charge in [-0.25, -0.2) is 0 Å². The average molecular weight is 339 g/mol. The van der Waals surface area contributed by atoms with Crippen LogP contribution in [0.15, 0.2) is 48.5 Å². The molecule has 0 saturated heterocycles. The zero-order chi connectivity index (χ0) is 16.9. The highest BCUT2D eigenvalue weighted by Gasteiger charge is 2.10. The number of amides is 1. The molecule has 0 atom stereocenters. The van der Waals surface area contributed by atoms with E-state index in [9.17, 15) is 4.79 Å². The lowest BCUT2D eigenvalue weighted by atomic mass is 10.1. The number of carbonyl (C=O) groups excluding carboxylic acids is 1. The van der Waals surface area contributed by atoms with Gasteiger partial charge in [0.15, 0.2) is 12.4 Å². The first-order chi connectivity index (χ1) is 11.6. The summed E-state index contributed by atoms with van der Waals surface area (Å²) in [5, 5.41) is 3.17. The number of aryl methyl sites for hydroxylation is 2. The van der Waals surface area contributed by atoms with Crippen LogP contribution in [0.5, 0.6) is 5.75 Å². The van der Waals surface area contributed by atoms with E-state index in [1.54, 1.807) is 0 Å². The van der Waals surface area contributed by atoms with Gasteiger partial charge < -0.3 is 4.74 Å². The van der Waals surface area contributed by atoms with Crippen molar-refractivity contribution in [2.45, 2.75) is 13.8 Å². The first-order valence-electron chi connectivity index (χ1n) is 7.50. The van der Waals surface area contributed by atoms with Crippen LogP contribution >= 0.6 is 11.5 Å². The molecule has 0 bridgehead atoms. The van der Waals surface area contributed by atoms with Crippen LogP contribution in [0.3, 0.4) is 0 Å². The number of nitrogens with zero attached hydrogens (tertiary/aromatic N) is 2. The molecule has 0 saturated carbocycles. The van der Waals surface area contributed by atoms with E-state index in [2.05, 4.69) is 20.7 Å². The van der Waals surface area contributed by atoms with E-state index in [-0.39, 0.29) is 12.5 Å². The van der Waals surface area contributed by atoms with Crippen molar-refractivity contribution in [1.29, 1.82) is 0 Å². The molecule has 1 heterocycles. The number of benzene rings is 2. The fourth-order valence-electron chi connectivity index (χ4n) is 2.30. The minimum absolute atomic E-state index is 0.0663. The first-order valence-corrected chi connectivity index (χ1v) is 8.27. The summed E-state index contributed by atoms with van der Waals surface area (Å²) < 4.78 is 9.79. The van der Waals surface area contributed by atoms with Gasteiger partial charge in [-0.3, -0.25) is 10.1 Å². The van der Waals surface area contributed by atoms with Gasteiger partial charge in [0.1, 0.15) is 5.75 Å². The summed E-state index contributed by atoms with van der Waals surface area (Å²) in [5.41, 5.74) is 3.12. The standard InChI is InChI=1S/C18H17N3O2S/c1-12-8-13(2)10-15(9-12)23-11-16(22)19-18-20-17(21-24-18)14-6-4-3-5-7-14/h3-10H,11H2,1-2H3,(H,19,20,21,22). The lowest BCUT2D eigenvalue weighted by Crippen LogP contribution is -2.20. The van der Waals surface area contributed by atoms with Crippen molar-refractivity contribution in [2.75, 3.05) is 11.9 Å². The van der Waals surface area contributed by atoms with Gasteiger partial charge in [0.2, 0.25) is 5.13 Å². The molecule has 1 amide bonds. The van der Waals surface area contributed by atoms with Crippen LogP contribution in [0.25, 0.3) is 11.4 Å². The average Bonchev–Trinajstić information content (AvgIpc) is 3.01. The maximum absolute atomic E-state index is 12.0. The van der Waals surface area contributed by atoms with Crippen LogP contribution in [0.2, 0.25) is 0 Å². The summed E-state index contributed by atoms with van der Waals surface area (Å²) in [4.78, 5) is 16.3. The Kier molecular flexibility index (Phi) is 4.86. The molecule has 0 aliphatic rings. The van der Waals surface area contributed by atoms with Crippen LogP contribution in [-0.2, 0) is 4.79 Å². The van der Waals surface area contributed by atoms with Gasteiger partial charge in [0.25, 0.3) is 5.91 Å². The van der Waals surface area contributed by atoms with E-state index < -0.39 is 0 Å². The molecular weight excluding hydrogens is 322 g/mol. The molecule has 5 nitrogen and oxygen atoms in total. The summed E-state index contributed by atoms with van der Waals surface area (Å²) >= 11 is 1.15. The molecule has 1 aromatic heterocycles. The number of ether oxygens (including phenoxy) is 1. The van der Waals surface area contributed by atoms with Crippen molar-refractivity contribution in [2.24, 2.45) is 0 Å². The number of hydrogen-bond donors (Lipinski definition) is 1. The Labute approximate surface area is 144 Å². The summed E-state index contributed by atoms with van der Waals surface area (Å²) in [6, 6.07) is 15.5. The van der Waals surface area contributed by atoms with Crippen molar-refractivity contribution in [1.82, 2.24) is 9.36 Å². The second-order valence-electron chi connectivity index (χ2n) is 5.45. The zero-order valence-corrected chi connectivity index (χ0v) is 14.3. The minimum atomic E-state index is -0.259. The van der Waals surface area contributed by atoms with Gasteiger partial charge in [-0.05, 0) is 37.1 Å². The number of rotatable bonds is 5. The minimum Gasteiger partial charge on any atom is -0.484 e. The third-order valence-corrected chi connectivity index (χ3v) is 3.90. The smallest absolute Gasteiger partial charge is 0.264 e. The lowest BCUT2D eigenvalue weighted by molar-refractivity contribution is -0.118. The normalized spacial score (nSPS) is 10.4. The third kappa shape index (κ3) is 4.17. The fraction of sp³-hybridized carbons (Fsp3) is 0.167. The van der Waals surface area contributed by atoms with Crippen molar-refractivity contribution in [3.63, 3.8) is 0 Å². The monoisotopic (exact) mass is 339 g/mol. The maximum atomic E-state index is 12.0. The van der Waals surface area contributed by atoms with Gasteiger partial charge in [-0.2, -0.15) is 9.36 Å². The molecule has 3 rings (SSSR count). The van der Waals surface area contributed by atoms with Crippen molar-refractivity contribution in [3.8, 4) is 17.1 Å². The SMILES string of the molecule is Cc1cc(C)cc(OCC(=O)Nc2nc(-c3ccccc3)ns2)c1. The summed E-state index contributed by atoms with van der Waals surface area (Å²) in [6.07, 6.45) is 0. The van der Waals surface area contributed by atoms with Gasteiger partial charge in [-0.1, -0.05) is 36.4 Å². The van der Waals surface area contributed by atoms with Crippen LogP contribution in [-0.4, -0.2) is 21.9 Å². The van der Waals surface area contributed by atoms with E-state index in [1.807, 2.05) is 56.3 Å². The Morgan fingerprint density at radius 2 is 1.83 bits per heavy atom. The molecular formula is C18H17N3O2S. The Morgan fingerprint density at radius 1 is 1.12 bits per heavy atom. The van der Waals surface area contributed by atoms with Gasteiger partial charge in [-0.15, -0.1) is 0 Å². The lowest BCUT2D eigenvalue weighted by Gasteiger charge is -2.07. The number of hydrogen-bond acceptors (Lipinski definition) is 5. The van der Waals surface area contributed by atoms with Crippen LogP contribution in [0.4, 0.5) is 5.13 Å². The molecule has 0 aliphatic carbocycles. The van der Waals surface area contributed by atoms with Crippen LogP contribution in [0, 0.1) is 13.8 Å². The highest BCUT2D eigenvalue weighted by molar-refractivity contribution is 7.10. The highest BCUT2D eigenvalue weighted by atomic mass is 32.1. The third-order valence-electron chi connectivity index (χ3n) is 3.27. The number of anilines is 1. The molecule has 1 N–H and O–H groups in total. The predicted molar refractivity (Wildman–Crippen MR) is 95.4 cm³/mol. The molecule has 122 valence electrons. The molecule has 2 aromatic carbocycles. The Morgan fingerprint density at radius 3 is 2.54 bits per heavy atom. The zero-order valence-electron chi connectivity index (χ0n) is 13.4. The summed E-state index contributed by atoms with van der Waals surface area (Å²) in [7, 11) is 0. The molecule has 0 spiro atoms. The number of aromatic nitrogens is 2. The second-order valence-corrected chi connectivity index (χ2v) is 6.20.